The maximum Gasteiger partial charge on any atom is 0.270 e. The molecule has 0 aliphatic rings. The molecule has 2 rings (SSSR count). The number of hydrogen-bond acceptors (Lipinski definition) is 2. The molecule has 1 N–H and O–H groups in total. The minimum Gasteiger partial charge on any atom is -0.344 e. The highest BCUT2D eigenvalue weighted by Crippen LogP contribution is 2.21. The van der Waals surface area contributed by atoms with Crippen molar-refractivity contribution in [1.82, 2.24) is 10.3 Å². The Bertz CT molecular complexity index is 537. The molecule has 1 heterocycles. The van der Waals surface area contributed by atoms with Crippen LogP contribution in [0.3, 0.4) is 0 Å². The van der Waals surface area contributed by atoms with E-state index in [0.717, 1.165) is 12.0 Å². The molecule has 0 radical (unpaired) electrons. The molecule has 3 heteroatoms. The average molecular weight is 268 g/mol. The van der Waals surface area contributed by atoms with Gasteiger partial charge in [0.05, 0.1) is 6.04 Å². The Morgan fingerprint density at radius 1 is 1.10 bits per heavy atom. The number of hydrogen-bond donors (Lipinski definition) is 1. The highest BCUT2D eigenvalue weighted by Gasteiger charge is 2.17. The van der Waals surface area contributed by atoms with Crippen LogP contribution in [0.1, 0.15) is 42.4 Å². The van der Waals surface area contributed by atoms with E-state index in [4.69, 9.17) is 0 Å². The van der Waals surface area contributed by atoms with Gasteiger partial charge in [-0.2, -0.15) is 0 Å². The molecule has 2 aromatic rings. The molecule has 104 valence electrons. The van der Waals surface area contributed by atoms with Gasteiger partial charge in [0.25, 0.3) is 5.91 Å². The maximum atomic E-state index is 12.2. The molecule has 3 nitrogen and oxygen atoms in total. The number of carbonyl (C=O) groups excluding carboxylic acids is 1. The number of benzene rings is 1. The van der Waals surface area contributed by atoms with Crippen LogP contribution in [-0.2, 0) is 0 Å². The first kappa shape index (κ1) is 14.3. The molecule has 0 bridgehead atoms. The lowest BCUT2D eigenvalue weighted by molar-refractivity contribution is 0.0927. The monoisotopic (exact) mass is 268 g/mol. The van der Waals surface area contributed by atoms with E-state index < -0.39 is 0 Å². The first-order valence-corrected chi connectivity index (χ1v) is 6.93. The van der Waals surface area contributed by atoms with Crippen LogP contribution in [0.2, 0.25) is 0 Å². The van der Waals surface area contributed by atoms with Crippen molar-refractivity contribution in [1.29, 1.82) is 0 Å². The Morgan fingerprint density at radius 2 is 1.80 bits per heavy atom. The maximum absolute atomic E-state index is 12.2. The first-order valence-electron chi connectivity index (χ1n) is 6.93. The molecule has 0 fully saturated rings. The summed E-state index contributed by atoms with van der Waals surface area (Å²) in [5, 5.41) is 3.08. The zero-order valence-corrected chi connectivity index (χ0v) is 11.9. The Hall–Kier alpha value is -2.16. The van der Waals surface area contributed by atoms with Crippen LogP contribution < -0.4 is 5.32 Å². The molecule has 1 aromatic carbocycles. The third-order valence-electron chi connectivity index (χ3n) is 3.11. The van der Waals surface area contributed by atoms with Crippen LogP contribution >= 0.6 is 0 Å². The number of pyridine rings is 1. The molecule has 1 amide bonds. The van der Waals surface area contributed by atoms with Crippen molar-refractivity contribution in [2.24, 2.45) is 5.92 Å². The van der Waals surface area contributed by atoms with Gasteiger partial charge in [0, 0.05) is 6.20 Å². The molecule has 1 atom stereocenters. The van der Waals surface area contributed by atoms with E-state index in [1.807, 2.05) is 36.4 Å². The van der Waals surface area contributed by atoms with E-state index in [2.05, 4.69) is 24.1 Å². The second-order valence-electron chi connectivity index (χ2n) is 5.28. The fourth-order valence-electron chi connectivity index (χ4n) is 2.16. The third kappa shape index (κ3) is 3.92. The van der Waals surface area contributed by atoms with E-state index >= 15 is 0 Å². The number of nitrogens with one attached hydrogen (secondary N) is 1. The normalized spacial score (nSPS) is 12.2. The van der Waals surface area contributed by atoms with Crippen LogP contribution in [0, 0.1) is 5.92 Å². The summed E-state index contributed by atoms with van der Waals surface area (Å²) in [5.74, 6) is 0.379. The Labute approximate surface area is 120 Å². The summed E-state index contributed by atoms with van der Waals surface area (Å²) in [7, 11) is 0. The molecule has 0 aliphatic carbocycles. The van der Waals surface area contributed by atoms with Gasteiger partial charge < -0.3 is 5.32 Å². The number of nitrogens with zero attached hydrogens (tertiary/aromatic N) is 1. The molecular weight excluding hydrogens is 248 g/mol. The lowest BCUT2D eigenvalue weighted by Crippen LogP contribution is -2.30. The summed E-state index contributed by atoms with van der Waals surface area (Å²) in [6, 6.07) is 15.4. The van der Waals surface area contributed by atoms with Crippen LogP contribution in [0.5, 0.6) is 0 Å². The number of rotatable bonds is 5. The fraction of sp³-hybridized carbons (Fsp3) is 0.294. The molecule has 0 unspecified atom stereocenters. The van der Waals surface area contributed by atoms with Crippen LogP contribution in [-0.4, -0.2) is 10.9 Å². The van der Waals surface area contributed by atoms with Gasteiger partial charge in [-0.25, -0.2) is 0 Å². The van der Waals surface area contributed by atoms with Crippen molar-refractivity contribution in [3.8, 4) is 0 Å². The summed E-state index contributed by atoms with van der Waals surface area (Å²) in [6.45, 7) is 4.31. The Balaban J connectivity index is 2.14. The molecular formula is C17H20N2O. The smallest absolute Gasteiger partial charge is 0.270 e. The number of carbonyl (C=O) groups is 1. The molecule has 20 heavy (non-hydrogen) atoms. The lowest BCUT2D eigenvalue weighted by atomic mass is 9.97. The standard InChI is InChI=1S/C17H20N2O/c1-13(2)12-16(14-8-4-3-5-9-14)19-17(20)15-10-6-7-11-18-15/h3-11,13,16H,12H2,1-2H3,(H,19,20)/t16-/m1/s1. The third-order valence-corrected chi connectivity index (χ3v) is 3.11. The van der Waals surface area contributed by atoms with Crippen LogP contribution in [0.15, 0.2) is 54.7 Å². The van der Waals surface area contributed by atoms with Crippen molar-refractivity contribution in [3.05, 3.63) is 66.0 Å². The predicted molar refractivity (Wildman–Crippen MR) is 80.3 cm³/mol. The fourth-order valence-corrected chi connectivity index (χ4v) is 2.16. The molecule has 0 spiro atoms. The summed E-state index contributed by atoms with van der Waals surface area (Å²) in [4.78, 5) is 16.3. The predicted octanol–water partition coefficient (Wildman–Crippen LogP) is 3.60. The van der Waals surface area contributed by atoms with Crippen LogP contribution in [0.4, 0.5) is 0 Å². The summed E-state index contributed by atoms with van der Waals surface area (Å²) >= 11 is 0. The molecule has 0 saturated heterocycles. The minimum atomic E-state index is -0.125. The SMILES string of the molecule is CC(C)C[C@@H](NC(=O)c1ccccn1)c1ccccc1. The topological polar surface area (TPSA) is 42.0 Å². The Morgan fingerprint density at radius 3 is 2.40 bits per heavy atom. The zero-order valence-electron chi connectivity index (χ0n) is 11.9. The van der Waals surface area contributed by atoms with E-state index in [9.17, 15) is 4.79 Å². The summed E-state index contributed by atoms with van der Waals surface area (Å²) < 4.78 is 0. The van der Waals surface area contributed by atoms with Crippen molar-refractivity contribution in [2.75, 3.05) is 0 Å². The van der Waals surface area contributed by atoms with Gasteiger partial charge in [0.15, 0.2) is 0 Å². The lowest BCUT2D eigenvalue weighted by Gasteiger charge is -2.21. The second kappa shape index (κ2) is 6.85. The largest absolute Gasteiger partial charge is 0.344 e. The van der Waals surface area contributed by atoms with Gasteiger partial charge in [0.2, 0.25) is 0 Å². The summed E-state index contributed by atoms with van der Waals surface area (Å²) in [5.41, 5.74) is 1.59. The highest BCUT2D eigenvalue weighted by atomic mass is 16.1. The van der Waals surface area contributed by atoms with E-state index in [1.54, 1.807) is 18.3 Å². The average Bonchev–Trinajstić information content (AvgIpc) is 2.48. The zero-order chi connectivity index (χ0) is 14.4. The van der Waals surface area contributed by atoms with Gasteiger partial charge in [0.1, 0.15) is 5.69 Å². The van der Waals surface area contributed by atoms with Crippen molar-refractivity contribution < 1.29 is 4.79 Å². The first-order chi connectivity index (χ1) is 9.66. The summed E-state index contributed by atoms with van der Waals surface area (Å²) in [6.07, 6.45) is 2.54. The van der Waals surface area contributed by atoms with Crippen molar-refractivity contribution in [2.45, 2.75) is 26.3 Å². The van der Waals surface area contributed by atoms with Gasteiger partial charge in [-0.05, 0) is 30.0 Å². The number of aromatic nitrogens is 1. The Kier molecular flexibility index (Phi) is 4.88. The quantitative estimate of drug-likeness (QED) is 0.900. The van der Waals surface area contributed by atoms with E-state index in [0.29, 0.717) is 11.6 Å². The molecule has 0 aliphatic heterocycles. The van der Waals surface area contributed by atoms with E-state index in [1.165, 1.54) is 0 Å². The van der Waals surface area contributed by atoms with Crippen molar-refractivity contribution in [3.63, 3.8) is 0 Å². The minimum absolute atomic E-state index is 0.0192. The van der Waals surface area contributed by atoms with Gasteiger partial charge in [-0.3, -0.25) is 9.78 Å². The second-order valence-corrected chi connectivity index (χ2v) is 5.28. The van der Waals surface area contributed by atoms with Gasteiger partial charge in [-0.15, -0.1) is 0 Å². The van der Waals surface area contributed by atoms with Gasteiger partial charge >= 0.3 is 0 Å². The van der Waals surface area contributed by atoms with Crippen molar-refractivity contribution >= 4 is 5.91 Å². The van der Waals surface area contributed by atoms with Gasteiger partial charge in [-0.1, -0.05) is 50.2 Å². The number of amides is 1. The van der Waals surface area contributed by atoms with Crippen LogP contribution in [0.25, 0.3) is 0 Å². The molecule has 0 saturated carbocycles. The van der Waals surface area contributed by atoms with E-state index in [-0.39, 0.29) is 11.9 Å². The highest BCUT2D eigenvalue weighted by molar-refractivity contribution is 5.92. The molecule has 1 aromatic heterocycles.